The number of imidazole rings is 1. The summed E-state index contributed by atoms with van der Waals surface area (Å²) in [5.74, 6) is 1.49. The largest absolute Gasteiger partial charge is 0.497 e. The Balaban J connectivity index is 1.88. The zero-order valence-corrected chi connectivity index (χ0v) is 11.9. The molecule has 3 aromatic rings. The number of anilines is 1. The van der Waals surface area contributed by atoms with Gasteiger partial charge in [0.15, 0.2) is 0 Å². The van der Waals surface area contributed by atoms with E-state index in [1.54, 1.807) is 13.4 Å². The quantitative estimate of drug-likeness (QED) is 0.798. The molecule has 21 heavy (non-hydrogen) atoms. The van der Waals surface area contributed by atoms with Crippen LogP contribution in [0.4, 0.5) is 5.82 Å². The third kappa shape index (κ3) is 2.74. The Morgan fingerprint density at radius 3 is 2.43 bits per heavy atom. The highest BCUT2D eigenvalue weighted by molar-refractivity contribution is 5.70. The third-order valence-corrected chi connectivity index (χ3v) is 3.44. The summed E-state index contributed by atoms with van der Waals surface area (Å²) in [7, 11) is 1.65. The van der Waals surface area contributed by atoms with Gasteiger partial charge in [-0.2, -0.15) is 0 Å². The summed E-state index contributed by atoms with van der Waals surface area (Å²) in [6, 6.07) is 17.9. The maximum Gasteiger partial charge on any atom is 0.131 e. The minimum atomic E-state index is 0.670. The lowest BCUT2D eigenvalue weighted by Crippen LogP contribution is -2.03. The van der Waals surface area contributed by atoms with Crippen LogP contribution >= 0.6 is 0 Å². The van der Waals surface area contributed by atoms with Gasteiger partial charge in [0.25, 0.3) is 0 Å². The molecule has 0 aliphatic rings. The average molecular weight is 279 g/mol. The molecule has 0 radical (unpaired) electrons. The molecule has 0 unspecified atom stereocenters. The van der Waals surface area contributed by atoms with Crippen LogP contribution in [-0.2, 0) is 6.54 Å². The summed E-state index contributed by atoms with van der Waals surface area (Å²) < 4.78 is 7.12. The van der Waals surface area contributed by atoms with Crippen molar-refractivity contribution in [3.8, 4) is 17.0 Å². The number of ether oxygens (including phenoxy) is 1. The summed E-state index contributed by atoms with van der Waals surface area (Å²) in [5.41, 5.74) is 9.21. The molecule has 0 atom stereocenters. The molecule has 3 rings (SSSR count). The minimum Gasteiger partial charge on any atom is -0.497 e. The van der Waals surface area contributed by atoms with E-state index in [1.807, 2.05) is 47.0 Å². The number of methoxy groups -OCH3 is 1. The van der Waals surface area contributed by atoms with Gasteiger partial charge >= 0.3 is 0 Å². The van der Waals surface area contributed by atoms with Crippen molar-refractivity contribution in [1.82, 2.24) is 9.55 Å². The molecule has 0 saturated heterocycles. The molecule has 4 heteroatoms. The van der Waals surface area contributed by atoms with Crippen LogP contribution in [0, 0.1) is 0 Å². The molecule has 106 valence electrons. The lowest BCUT2D eigenvalue weighted by molar-refractivity contribution is 0.415. The van der Waals surface area contributed by atoms with Gasteiger partial charge in [-0.3, -0.25) is 0 Å². The second-order valence-electron chi connectivity index (χ2n) is 4.82. The molecule has 2 aromatic carbocycles. The number of hydrogen-bond acceptors (Lipinski definition) is 3. The van der Waals surface area contributed by atoms with Crippen LogP contribution in [0.15, 0.2) is 60.9 Å². The first-order chi connectivity index (χ1) is 10.3. The number of benzene rings is 2. The Labute approximate surface area is 123 Å². The zero-order valence-electron chi connectivity index (χ0n) is 11.9. The minimum absolute atomic E-state index is 0.670. The predicted octanol–water partition coefficient (Wildman–Crippen LogP) is 3.19. The van der Waals surface area contributed by atoms with Crippen LogP contribution in [0.2, 0.25) is 0 Å². The van der Waals surface area contributed by atoms with E-state index in [-0.39, 0.29) is 0 Å². The SMILES string of the molecule is COc1ccc(-c2ncn(Cc3ccccc3)c2N)cc1. The van der Waals surface area contributed by atoms with Gasteiger partial charge < -0.3 is 15.0 Å². The second kappa shape index (κ2) is 5.71. The third-order valence-electron chi connectivity index (χ3n) is 3.44. The van der Waals surface area contributed by atoms with Crippen molar-refractivity contribution in [2.75, 3.05) is 12.8 Å². The van der Waals surface area contributed by atoms with E-state index < -0.39 is 0 Å². The van der Waals surface area contributed by atoms with Gasteiger partial charge in [-0.15, -0.1) is 0 Å². The normalized spacial score (nSPS) is 10.5. The molecular formula is C17H17N3O. The first-order valence-corrected chi connectivity index (χ1v) is 6.77. The summed E-state index contributed by atoms with van der Waals surface area (Å²) in [6.07, 6.45) is 1.78. The number of nitrogens with two attached hydrogens (primary N) is 1. The summed E-state index contributed by atoms with van der Waals surface area (Å²) in [6.45, 7) is 0.718. The second-order valence-corrected chi connectivity index (χ2v) is 4.82. The Kier molecular flexibility index (Phi) is 3.60. The Morgan fingerprint density at radius 2 is 1.76 bits per heavy atom. The topological polar surface area (TPSA) is 53.1 Å². The lowest BCUT2D eigenvalue weighted by Gasteiger charge is -2.06. The Hall–Kier alpha value is -2.75. The van der Waals surface area contributed by atoms with E-state index in [0.29, 0.717) is 5.82 Å². The summed E-state index contributed by atoms with van der Waals surface area (Å²) in [5, 5.41) is 0. The maximum absolute atomic E-state index is 6.22. The van der Waals surface area contributed by atoms with Gasteiger partial charge in [0.05, 0.1) is 20.0 Å². The first-order valence-electron chi connectivity index (χ1n) is 6.77. The van der Waals surface area contributed by atoms with E-state index in [9.17, 15) is 0 Å². The van der Waals surface area contributed by atoms with Gasteiger partial charge in [-0.05, 0) is 29.8 Å². The van der Waals surface area contributed by atoms with Crippen LogP contribution in [0.25, 0.3) is 11.3 Å². The average Bonchev–Trinajstić information content (AvgIpc) is 2.89. The smallest absolute Gasteiger partial charge is 0.131 e. The molecule has 0 amide bonds. The first kappa shape index (κ1) is 13.2. The van der Waals surface area contributed by atoms with Crippen molar-refractivity contribution in [1.29, 1.82) is 0 Å². The van der Waals surface area contributed by atoms with Crippen molar-refractivity contribution in [2.45, 2.75) is 6.54 Å². The van der Waals surface area contributed by atoms with Crippen molar-refractivity contribution in [3.63, 3.8) is 0 Å². The molecule has 0 fully saturated rings. The van der Waals surface area contributed by atoms with Crippen LogP contribution in [0.1, 0.15) is 5.56 Å². The van der Waals surface area contributed by atoms with Crippen LogP contribution in [-0.4, -0.2) is 16.7 Å². The molecule has 0 spiro atoms. The number of nitrogens with zero attached hydrogens (tertiary/aromatic N) is 2. The Morgan fingerprint density at radius 1 is 1.05 bits per heavy atom. The maximum atomic E-state index is 6.22. The molecular weight excluding hydrogens is 262 g/mol. The van der Waals surface area contributed by atoms with Crippen LogP contribution in [0.5, 0.6) is 5.75 Å². The molecule has 4 nitrogen and oxygen atoms in total. The highest BCUT2D eigenvalue weighted by Gasteiger charge is 2.10. The van der Waals surface area contributed by atoms with Gasteiger partial charge in [-0.25, -0.2) is 4.98 Å². The number of aromatic nitrogens is 2. The zero-order chi connectivity index (χ0) is 14.7. The molecule has 1 aromatic heterocycles. The van der Waals surface area contributed by atoms with E-state index >= 15 is 0 Å². The molecule has 2 N–H and O–H groups in total. The molecule has 0 saturated carbocycles. The summed E-state index contributed by atoms with van der Waals surface area (Å²) in [4.78, 5) is 4.43. The van der Waals surface area contributed by atoms with Crippen molar-refractivity contribution >= 4 is 5.82 Å². The van der Waals surface area contributed by atoms with Gasteiger partial charge in [-0.1, -0.05) is 30.3 Å². The summed E-state index contributed by atoms with van der Waals surface area (Å²) >= 11 is 0. The predicted molar refractivity (Wildman–Crippen MR) is 84.2 cm³/mol. The number of hydrogen-bond donors (Lipinski definition) is 1. The highest BCUT2D eigenvalue weighted by Crippen LogP contribution is 2.26. The fourth-order valence-electron chi connectivity index (χ4n) is 2.27. The van der Waals surface area contributed by atoms with Crippen molar-refractivity contribution < 1.29 is 4.74 Å². The molecule has 0 aliphatic heterocycles. The number of nitrogen functional groups attached to an aromatic ring is 1. The Bertz CT molecular complexity index is 718. The van der Waals surface area contributed by atoms with E-state index in [2.05, 4.69) is 17.1 Å². The fraction of sp³-hybridized carbons (Fsp3) is 0.118. The van der Waals surface area contributed by atoms with Crippen LogP contribution < -0.4 is 10.5 Å². The highest BCUT2D eigenvalue weighted by atomic mass is 16.5. The van der Waals surface area contributed by atoms with Gasteiger partial charge in [0.1, 0.15) is 17.3 Å². The lowest BCUT2D eigenvalue weighted by atomic mass is 10.1. The standard InChI is InChI=1S/C17H17N3O/c1-21-15-9-7-14(8-10-15)16-17(18)20(12-19-16)11-13-5-3-2-4-6-13/h2-10,12H,11,18H2,1H3. The molecule has 0 bridgehead atoms. The van der Waals surface area contributed by atoms with E-state index in [4.69, 9.17) is 10.5 Å². The van der Waals surface area contributed by atoms with Crippen molar-refractivity contribution in [2.24, 2.45) is 0 Å². The van der Waals surface area contributed by atoms with Gasteiger partial charge in [0.2, 0.25) is 0 Å². The van der Waals surface area contributed by atoms with Gasteiger partial charge in [0, 0.05) is 5.56 Å². The van der Waals surface area contributed by atoms with E-state index in [0.717, 1.165) is 23.6 Å². The van der Waals surface area contributed by atoms with E-state index in [1.165, 1.54) is 5.56 Å². The molecule has 1 heterocycles. The monoisotopic (exact) mass is 279 g/mol. The number of rotatable bonds is 4. The van der Waals surface area contributed by atoms with Crippen molar-refractivity contribution in [3.05, 3.63) is 66.5 Å². The fourth-order valence-corrected chi connectivity index (χ4v) is 2.27. The van der Waals surface area contributed by atoms with Crippen LogP contribution in [0.3, 0.4) is 0 Å². The molecule has 0 aliphatic carbocycles.